The number of fused-ring (bicyclic) bond motifs is 1. The Morgan fingerprint density at radius 2 is 1.46 bits per heavy atom. The summed E-state index contributed by atoms with van der Waals surface area (Å²) in [4.78, 5) is 12.2. The van der Waals surface area contributed by atoms with Crippen molar-refractivity contribution in [3.8, 4) is 17.2 Å². The summed E-state index contributed by atoms with van der Waals surface area (Å²) in [5.74, 6) is 2.06. The van der Waals surface area contributed by atoms with Gasteiger partial charge >= 0.3 is 0 Å². The summed E-state index contributed by atoms with van der Waals surface area (Å²) in [6.07, 6.45) is 4.71. The molecule has 0 heterocycles. The quantitative estimate of drug-likeness (QED) is 0.631. The first kappa shape index (κ1) is 18.1. The molecule has 0 saturated heterocycles. The summed E-state index contributed by atoms with van der Waals surface area (Å²) < 4.78 is 11.4. The number of rotatable bonds is 6. The van der Waals surface area contributed by atoms with Crippen LogP contribution in [0.2, 0.25) is 0 Å². The topological polar surface area (TPSA) is 47.6 Å². The van der Waals surface area contributed by atoms with Crippen LogP contribution in [-0.2, 0) is 17.6 Å². The average molecular weight is 373 g/mol. The summed E-state index contributed by atoms with van der Waals surface area (Å²) in [5.41, 5.74) is 3.46. The minimum atomic E-state index is -0.186. The molecule has 142 valence electrons. The van der Waals surface area contributed by atoms with E-state index in [0.29, 0.717) is 5.69 Å². The van der Waals surface area contributed by atoms with Gasteiger partial charge in [0.25, 0.3) is 5.91 Å². The van der Waals surface area contributed by atoms with Crippen LogP contribution in [0.5, 0.6) is 17.2 Å². The standard InChI is InChI=1S/C24H23NO3/c26-24(17-27-23-13-10-18-6-4-5-7-19(18)16-23)25-20-11-14-22(15-12-20)28-21-8-2-1-3-9-21/h1-3,8-16H,4-7,17H2,(H,25,26). The van der Waals surface area contributed by atoms with Gasteiger partial charge in [0.2, 0.25) is 0 Å². The van der Waals surface area contributed by atoms with E-state index in [1.54, 1.807) is 0 Å². The summed E-state index contributed by atoms with van der Waals surface area (Å²) in [6, 6.07) is 23.0. The number of hydrogen-bond acceptors (Lipinski definition) is 3. The second-order valence-corrected chi connectivity index (χ2v) is 6.91. The molecule has 0 aromatic heterocycles. The van der Waals surface area contributed by atoms with Crippen molar-refractivity contribution < 1.29 is 14.3 Å². The molecule has 1 aliphatic rings. The molecular formula is C24H23NO3. The summed E-state index contributed by atoms with van der Waals surface area (Å²) >= 11 is 0. The SMILES string of the molecule is O=C(COc1ccc2c(c1)CCCC2)Nc1ccc(Oc2ccccc2)cc1. The van der Waals surface area contributed by atoms with Crippen LogP contribution in [0.25, 0.3) is 0 Å². The van der Waals surface area contributed by atoms with E-state index in [2.05, 4.69) is 17.4 Å². The molecule has 3 aromatic carbocycles. The van der Waals surface area contributed by atoms with E-state index < -0.39 is 0 Å². The fourth-order valence-electron chi connectivity index (χ4n) is 3.38. The van der Waals surface area contributed by atoms with Crippen LogP contribution in [0.3, 0.4) is 0 Å². The number of para-hydroxylation sites is 1. The highest BCUT2D eigenvalue weighted by Gasteiger charge is 2.11. The van der Waals surface area contributed by atoms with Crippen molar-refractivity contribution >= 4 is 11.6 Å². The number of nitrogens with one attached hydrogen (secondary N) is 1. The van der Waals surface area contributed by atoms with E-state index in [0.717, 1.165) is 30.1 Å². The molecule has 0 fully saturated rings. The van der Waals surface area contributed by atoms with E-state index in [9.17, 15) is 4.79 Å². The number of aryl methyl sites for hydroxylation is 2. The monoisotopic (exact) mass is 373 g/mol. The molecule has 28 heavy (non-hydrogen) atoms. The lowest BCUT2D eigenvalue weighted by molar-refractivity contribution is -0.118. The van der Waals surface area contributed by atoms with E-state index in [1.165, 1.54) is 24.0 Å². The highest BCUT2D eigenvalue weighted by molar-refractivity contribution is 5.91. The van der Waals surface area contributed by atoms with Crippen molar-refractivity contribution in [2.45, 2.75) is 25.7 Å². The van der Waals surface area contributed by atoms with Gasteiger partial charge in [0.15, 0.2) is 6.61 Å². The second kappa shape index (κ2) is 8.61. The fourth-order valence-corrected chi connectivity index (χ4v) is 3.38. The lowest BCUT2D eigenvalue weighted by atomic mass is 9.92. The minimum Gasteiger partial charge on any atom is -0.484 e. The largest absolute Gasteiger partial charge is 0.484 e. The smallest absolute Gasteiger partial charge is 0.262 e. The predicted molar refractivity (Wildman–Crippen MR) is 110 cm³/mol. The molecule has 3 aromatic rings. The van der Waals surface area contributed by atoms with Crippen molar-refractivity contribution in [2.75, 3.05) is 11.9 Å². The Morgan fingerprint density at radius 1 is 0.786 bits per heavy atom. The molecular weight excluding hydrogens is 350 g/mol. The van der Waals surface area contributed by atoms with Gasteiger partial charge in [-0.25, -0.2) is 0 Å². The number of benzene rings is 3. The number of ether oxygens (including phenoxy) is 2. The Morgan fingerprint density at radius 3 is 2.25 bits per heavy atom. The molecule has 0 saturated carbocycles. The molecule has 1 amide bonds. The summed E-state index contributed by atoms with van der Waals surface area (Å²) in [6.45, 7) is -0.0128. The fraction of sp³-hybridized carbons (Fsp3) is 0.208. The van der Waals surface area contributed by atoms with Crippen LogP contribution < -0.4 is 14.8 Å². The van der Waals surface area contributed by atoms with Crippen LogP contribution in [0.4, 0.5) is 5.69 Å². The third-order valence-electron chi connectivity index (χ3n) is 4.81. The summed E-state index contributed by atoms with van der Waals surface area (Å²) in [5, 5.41) is 2.85. The third kappa shape index (κ3) is 4.71. The van der Waals surface area contributed by atoms with Crippen LogP contribution in [-0.4, -0.2) is 12.5 Å². The molecule has 0 radical (unpaired) electrons. The second-order valence-electron chi connectivity index (χ2n) is 6.91. The Labute approximate surface area is 165 Å². The van der Waals surface area contributed by atoms with E-state index in [4.69, 9.17) is 9.47 Å². The lowest BCUT2D eigenvalue weighted by Gasteiger charge is -2.16. The van der Waals surface area contributed by atoms with Crippen LogP contribution in [0, 0.1) is 0 Å². The first-order valence-corrected chi connectivity index (χ1v) is 9.64. The van der Waals surface area contributed by atoms with Crippen LogP contribution in [0.1, 0.15) is 24.0 Å². The molecule has 0 atom stereocenters. The van der Waals surface area contributed by atoms with Gasteiger partial charge < -0.3 is 14.8 Å². The number of carbonyl (C=O) groups is 1. The highest BCUT2D eigenvalue weighted by atomic mass is 16.5. The van der Waals surface area contributed by atoms with Crippen LogP contribution >= 0.6 is 0 Å². The molecule has 1 N–H and O–H groups in total. The van der Waals surface area contributed by atoms with Gasteiger partial charge in [0.05, 0.1) is 0 Å². The van der Waals surface area contributed by atoms with Crippen molar-refractivity contribution in [3.63, 3.8) is 0 Å². The zero-order valence-electron chi connectivity index (χ0n) is 15.7. The number of hydrogen-bond donors (Lipinski definition) is 1. The molecule has 0 aliphatic heterocycles. The first-order chi connectivity index (χ1) is 13.8. The van der Waals surface area contributed by atoms with Crippen molar-refractivity contribution in [2.24, 2.45) is 0 Å². The van der Waals surface area contributed by atoms with Gasteiger partial charge in [-0.3, -0.25) is 4.79 Å². The molecule has 0 unspecified atom stereocenters. The first-order valence-electron chi connectivity index (χ1n) is 9.64. The van der Waals surface area contributed by atoms with Crippen molar-refractivity contribution in [1.82, 2.24) is 0 Å². The van der Waals surface area contributed by atoms with Crippen molar-refractivity contribution in [1.29, 1.82) is 0 Å². The average Bonchev–Trinajstić information content (AvgIpc) is 2.74. The Bertz CT molecular complexity index is 936. The lowest BCUT2D eigenvalue weighted by Crippen LogP contribution is -2.20. The van der Waals surface area contributed by atoms with Gasteiger partial charge in [-0.1, -0.05) is 24.3 Å². The normalized spacial score (nSPS) is 12.7. The Kier molecular flexibility index (Phi) is 5.57. The molecule has 4 heteroatoms. The number of carbonyl (C=O) groups excluding carboxylic acids is 1. The van der Waals surface area contributed by atoms with E-state index >= 15 is 0 Å². The maximum absolute atomic E-state index is 12.2. The molecule has 4 nitrogen and oxygen atoms in total. The molecule has 4 rings (SSSR count). The zero-order valence-corrected chi connectivity index (χ0v) is 15.7. The molecule has 1 aliphatic carbocycles. The molecule has 0 spiro atoms. The number of amides is 1. The zero-order chi connectivity index (χ0) is 19.2. The van der Waals surface area contributed by atoms with Gasteiger partial charge in [-0.15, -0.1) is 0 Å². The summed E-state index contributed by atoms with van der Waals surface area (Å²) in [7, 11) is 0. The maximum atomic E-state index is 12.2. The third-order valence-corrected chi connectivity index (χ3v) is 4.81. The van der Waals surface area contributed by atoms with E-state index in [-0.39, 0.29) is 12.5 Å². The van der Waals surface area contributed by atoms with Gasteiger partial charge in [-0.05, 0) is 85.3 Å². The minimum absolute atomic E-state index is 0.0128. The Balaban J connectivity index is 1.29. The maximum Gasteiger partial charge on any atom is 0.262 e. The Hall–Kier alpha value is -3.27. The van der Waals surface area contributed by atoms with E-state index in [1.807, 2.05) is 60.7 Å². The number of anilines is 1. The van der Waals surface area contributed by atoms with Crippen LogP contribution in [0.15, 0.2) is 72.8 Å². The predicted octanol–water partition coefficient (Wildman–Crippen LogP) is 5.38. The molecule has 0 bridgehead atoms. The highest BCUT2D eigenvalue weighted by Crippen LogP contribution is 2.25. The van der Waals surface area contributed by atoms with Gasteiger partial charge in [0.1, 0.15) is 17.2 Å². The van der Waals surface area contributed by atoms with Gasteiger partial charge in [-0.2, -0.15) is 0 Å². The van der Waals surface area contributed by atoms with Crippen molar-refractivity contribution in [3.05, 3.63) is 83.9 Å². The van der Waals surface area contributed by atoms with Gasteiger partial charge in [0, 0.05) is 5.69 Å².